The van der Waals surface area contributed by atoms with Gasteiger partial charge in [-0.3, -0.25) is 0 Å². The molecule has 0 nitrogen and oxygen atoms in total. The second-order valence-electron chi connectivity index (χ2n) is 26.1. The fourth-order valence-electron chi connectivity index (χ4n) is 14.2. The van der Waals surface area contributed by atoms with Crippen LogP contribution in [0.2, 0.25) is 0 Å². The van der Waals surface area contributed by atoms with Gasteiger partial charge in [0.2, 0.25) is 0 Å². The van der Waals surface area contributed by atoms with Crippen LogP contribution in [0.1, 0.15) is 276 Å². The van der Waals surface area contributed by atoms with Gasteiger partial charge in [0.25, 0.3) is 0 Å². The smallest absolute Gasteiger partial charge is 0 e. The van der Waals surface area contributed by atoms with Gasteiger partial charge in [0.15, 0.2) is 0 Å². The van der Waals surface area contributed by atoms with E-state index in [0.717, 1.165) is 38.5 Å². The zero-order valence-corrected chi connectivity index (χ0v) is 149. The third kappa shape index (κ3) is 67.5. The first-order valence-electron chi connectivity index (χ1n) is 42.7. The summed E-state index contributed by atoms with van der Waals surface area (Å²) in [6.07, 6.45) is 12.7. The molecule has 0 bridgehead atoms. The van der Waals surface area contributed by atoms with E-state index in [1.807, 2.05) is 96.9 Å². The Morgan fingerprint density at radius 3 is 0.577 bits per heavy atom. The van der Waals surface area contributed by atoms with Gasteiger partial charge in [-0.05, 0) is 225 Å². The van der Waals surface area contributed by atoms with Crippen LogP contribution in [0.25, 0.3) is 89.0 Å². The van der Waals surface area contributed by atoms with E-state index >= 15 is 0 Å². The van der Waals surface area contributed by atoms with E-state index in [0.29, 0.717) is 0 Å². The molecular formula is C117H166Y20-8. The minimum absolute atomic E-state index is 0. The minimum Gasteiger partial charge on any atom is -0.358 e. The van der Waals surface area contributed by atoms with Gasteiger partial charge in [0, 0.05) is 654 Å². The maximum absolute atomic E-state index is 2.44. The van der Waals surface area contributed by atoms with E-state index in [1.54, 1.807) is 0 Å². The molecule has 702 valence electrons. The van der Waals surface area contributed by atoms with Crippen LogP contribution in [0, 0.1) is 73.3 Å². The number of aryl methyl sites for hydroxylation is 2. The van der Waals surface area contributed by atoms with Crippen molar-refractivity contribution < 1.29 is 654 Å². The van der Waals surface area contributed by atoms with Gasteiger partial charge in [0.05, 0.1) is 0 Å². The fraction of sp³-hybridized carbons (Fsp3) is 0.316. The molecule has 0 saturated carbocycles. The van der Waals surface area contributed by atoms with E-state index < -0.39 is 0 Å². The summed E-state index contributed by atoms with van der Waals surface area (Å²) in [5.74, 6) is 0. The van der Waals surface area contributed by atoms with Crippen LogP contribution in [0.15, 0.2) is 255 Å². The molecule has 0 amide bonds. The molecule has 6 aliphatic carbocycles. The molecular weight excluding hydrogens is 3180 g/mol. The Kier molecular flexibility index (Phi) is 211. The molecule has 18 rings (SSSR count). The van der Waals surface area contributed by atoms with Gasteiger partial charge in [-0.25, -0.2) is 0 Å². The standard InChI is InChI=1S/2C20H14.2C20H16.5C3H8.7C2H6.8CH3.20Y/c1-3-7-16-14(6-1)12-19-18(16)10-9-15-11-13-5-2-4-8-17(13)20(15)19;1-3-7-17-13(5-1)9-15-11-16-10-14-6-2-4-8-18(14)20(16)12-19(15)17;2*1-14-7-2-4-10-17(14)19-12-6-9-16-13-15-8-3-5-11-18(15)20(16)19;5*1-3-2;7*1-2;;;;;;;;;;;;;;;;;;;;;;;;;;;;/h1-10H,11-12H2;1-8,11-12H,9-10H2;2*2-12H,13H2,1H3;5*3H2,1-2H3;7*1-2H3;8*1H3;;;;;;;;;;;;;;;;;;;;/q;;;;;;;;;;;;;;;;8*-1;;;;;;;;;;;;;;;;;;;;. The second-order valence-corrected chi connectivity index (χ2v) is 26.1. The Morgan fingerprint density at radius 1 is 0.146 bits per heavy atom. The molecule has 0 unspecified atom stereocenters. The maximum Gasteiger partial charge on any atom is 0 e. The molecule has 0 heterocycles. The monoisotopic (exact) mass is 3350 g/mol. The molecule has 0 N–H and O–H groups in total. The Balaban J connectivity index is -0.0000000430. The third-order valence-electron chi connectivity index (χ3n) is 18.0. The van der Waals surface area contributed by atoms with E-state index in [9.17, 15) is 0 Å². The normalized spacial score (nSPS) is 8.45. The molecule has 12 aromatic carbocycles. The Morgan fingerprint density at radius 2 is 0.321 bits per heavy atom. The summed E-state index contributed by atoms with van der Waals surface area (Å²) in [6.45, 7) is 53.6. The molecule has 20 radical (unpaired) electrons. The summed E-state index contributed by atoms with van der Waals surface area (Å²) < 4.78 is 0. The average molecular weight is 3350 g/mol. The first-order chi connectivity index (χ1) is 53.6. The van der Waals surface area contributed by atoms with Crippen LogP contribution in [-0.4, -0.2) is 0 Å². The molecule has 0 aromatic heterocycles. The zero-order chi connectivity index (χ0) is 80.8. The molecule has 0 saturated heterocycles. The first-order valence-corrected chi connectivity index (χ1v) is 42.7. The van der Waals surface area contributed by atoms with Crippen molar-refractivity contribution in [2.24, 2.45) is 0 Å². The summed E-state index contributed by atoms with van der Waals surface area (Å²) in [5.41, 5.74) is 43.0. The molecule has 6 aliphatic rings. The molecule has 137 heavy (non-hydrogen) atoms. The number of hydrogen-bond donors (Lipinski definition) is 0. The Labute approximate surface area is 1350 Å². The van der Waals surface area contributed by atoms with Crippen molar-refractivity contribution in [3.63, 3.8) is 0 Å². The van der Waals surface area contributed by atoms with E-state index in [1.165, 1.54) is 199 Å². The summed E-state index contributed by atoms with van der Waals surface area (Å²) in [7, 11) is 0. The summed E-state index contributed by atoms with van der Waals surface area (Å²) in [6, 6.07) is 93.1. The van der Waals surface area contributed by atoms with Crippen LogP contribution < -0.4 is 0 Å². The summed E-state index contributed by atoms with van der Waals surface area (Å²) in [5, 5.41) is 0. The number of fused-ring (bicyclic) bond motifs is 19. The van der Waals surface area contributed by atoms with Crippen LogP contribution >= 0.6 is 0 Å². The van der Waals surface area contributed by atoms with Gasteiger partial charge in [-0.1, -0.05) is 447 Å². The average Bonchev–Trinajstić information content (AvgIpc) is 1.59. The Bertz CT molecular complexity index is 4390. The molecule has 20 heteroatoms. The predicted octanol–water partition coefficient (Wildman–Crippen LogP) is 37.9. The van der Waals surface area contributed by atoms with Crippen LogP contribution in [-0.2, 0) is 693 Å². The van der Waals surface area contributed by atoms with Crippen molar-refractivity contribution in [2.45, 2.75) is 251 Å². The zero-order valence-electron chi connectivity index (χ0n) is 92.6. The van der Waals surface area contributed by atoms with Gasteiger partial charge in [0.1, 0.15) is 0 Å². The van der Waals surface area contributed by atoms with Crippen molar-refractivity contribution in [2.75, 3.05) is 0 Å². The van der Waals surface area contributed by atoms with Gasteiger partial charge >= 0.3 is 0 Å². The number of rotatable bonds is 2. The largest absolute Gasteiger partial charge is 0.358 e. The topological polar surface area (TPSA) is 0 Å². The molecule has 0 fully saturated rings. The Hall–Kier alpha value is 12.7. The minimum atomic E-state index is 0. The van der Waals surface area contributed by atoms with E-state index in [2.05, 4.69) is 338 Å². The van der Waals surface area contributed by atoms with Gasteiger partial charge < -0.3 is 59.4 Å². The van der Waals surface area contributed by atoms with Crippen molar-refractivity contribution >= 4 is 0 Å². The van der Waals surface area contributed by atoms with Gasteiger partial charge in [-0.15, -0.1) is 0 Å². The third-order valence-corrected chi connectivity index (χ3v) is 18.0. The number of benzene rings is 12. The molecule has 0 spiro atoms. The van der Waals surface area contributed by atoms with Crippen molar-refractivity contribution in [1.82, 2.24) is 0 Å². The number of hydrogen-bond acceptors (Lipinski definition) is 0. The van der Waals surface area contributed by atoms with Gasteiger partial charge in [-0.2, -0.15) is 0 Å². The molecule has 0 aliphatic heterocycles. The first kappa shape index (κ1) is 216. The summed E-state index contributed by atoms with van der Waals surface area (Å²) in [4.78, 5) is 0. The van der Waals surface area contributed by atoms with Crippen molar-refractivity contribution in [3.05, 3.63) is 392 Å². The van der Waals surface area contributed by atoms with E-state index in [4.69, 9.17) is 0 Å². The summed E-state index contributed by atoms with van der Waals surface area (Å²) >= 11 is 0. The quantitative estimate of drug-likeness (QED) is 0.151. The van der Waals surface area contributed by atoms with Crippen LogP contribution in [0.5, 0.6) is 0 Å². The fourth-order valence-corrected chi connectivity index (χ4v) is 14.2. The van der Waals surface area contributed by atoms with Crippen molar-refractivity contribution in [1.29, 1.82) is 0 Å². The van der Waals surface area contributed by atoms with E-state index in [-0.39, 0.29) is 714 Å². The molecule has 0 atom stereocenters. The SMILES string of the molecule is CC.CC.CC.CC.CC.CC.CC.CCC.CCC.CCC.CCC.CCC.Cc1ccccc1-c1cccc2c1-c1ccccc1C2.Cc1ccccc1-c1cccc2c1-c1ccccc1C2.[CH3-].[CH3-].[CH3-].[CH3-].[CH3-].[CH3-].[CH3-].[CH3-].[Y].[Y].[Y].[Y].[Y].[Y].[Y].[Y].[Y].[Y].[Y].[Y].[Y].[Y].[Y].[Y].[Y].[Y].[Y].[Y].c1ccc2c(c1)Cc1c-2ccc2c1-c1ccccc1C2.c1ccc2c(c1)Cc1cc3c(cc1-2)-c1ccccc1C3. The van der Waals surface area contributed by atoms with Crippen LogP contribution in [0.4, 0.5) is 0 Å². The second kappa shape index (κ2) is 134. The molecule has 12 aromatic rings. The predicted molar refractivity (Wildman–Crippen MR) is 546 cm³/mol. The van der Waals surface area contributed by atoms with Crippen LogP contribution in [0.3, 0.4) is 0 Å². The van der Waals surface area contributed by atoms with Crippen molar-refractivity contribution in [3.8, 4) is 89.0 Å². The maximum atomic E-state index is 2.44.